The Kier molecular flexibility index (Phi) is 8.43. The Morgan fingerprint density at radius 1 is 1.31 bits per heavy atom. The smallest absolute Gasteiger partial charge is 0.391 e. The maximum Gasteiger partial charge on any atom is 0.416 e. The highest BCUT2D eigenvalue weighted by Crippen LogP contribution is 2.31. The summed E-state index contributed by atoms with van der Waals surface area (Å²) in [7, 11) is 0. The van der Waals surface area contributed by atoms with Gasteiger partial charge in [-0.15, -0.1) is 0 Å². The van der Waals surface area contributed by atoms with E-state index in [-0.39, 0.29) is 55.8 Å². The Bertz CT molecular complexity index is 1040. The second kappa shape index (κ2) is 11.1. The molecule has 2 heterocycles. The van der Waals surface area contributed by atoms with Crippen LogP contribution in [0.15, 0.2) is 24.5 Å². The zero-order chi connectivity index (χ0) is 25.8. The molecule has 1 aromatic heterocycles. The third kappa shape index (κ3) is 6.75. The van der Waals surface area contributed by atoms with E-state index in [1.807, 2.05) is 0 Å². The monoisotopic (exact) mass is 502 g/mol. The topological polar surface area (TPSA) is 108 Å². The Labute approximate surface area is 198 Å². The molecule has 35 heavy (non-hydrogen) atoms. The predicted octanol–water partition coefficient (Wildman–Crippen LogP) is 2.38. The number of piperidine rings is 1. The van der Waals surface area contributed by atoms with Gasteiger partial charge in [0.1, 0.15) is 12.1 Å². The van der Waals surface area contributed by atoms with Crippen molar-refractivity contribution in [3.63, 3.8) is 0 Å². The number of alkyl halides is 3. The van der Waals surface area contributed by atoms with Gasteiger partial charge in [-0.25, -0.2) is 14.4 Å². The second-order valence-corrected chi connectivity index (χ2v) is 8.38. The van der Waals surface area contributed by atoms with Gasteiger partial charge in [-0.2, -0.15) is 17.6 Å². The number of primary amides is 1. The van der Waals surface area contributed by atoms with E-state index in [0.717, 1.165) is 18.5 Å². The first-order valence-electron chi connectivity index (χ1n) is 11.0. The SMILES string of the molecule is CCN(Cc1ccc(C(F)(F)F)cc1F)c1ncnc(NCC2CCN(CC(N)=O)C[C@H]2O)c1F. The summed E-state index contributed by atoms with van der Waals surface area (Å²) in [5.41, 5.74) is 4.03. The number of aliphatic hydroxyl groups is 1. The first kappa shape index (κ1) is 26.5. The number of aromatic nitrogens is 2. The van der Waals surface area contributed by atoms with E-state index >= 15 is 4.39 Å². The van der Waals surface area contributed by atoms with Crippen molar-refractivity contribution in [2.75, 3.05) is 42.9 Å². The average molecular weight is 502 g/mol. The van der Waals surface area contributed by atoms with Crippen molar-refractivity contribution in [1.29, 1.82) is 0 Å². The standard InChI is InChI=1S/C22H27F5N6O2/c1-2-33(9-14-3-4-15(7-16(14)23)22(25,26)27)21-19(24)20(30-12-31-21)29-8-13-5-6-32(10-17(13)34)11-18(28)35/h3-4,7,12-13,17,34H,2,5-6,8-11H2,1H3,(H2,28,35)(H,29,30,31)/t13?,17-/m1/s1. The zero-order valence-corrected chi connectivity index (χ0v) is 19.0. The van der Waals surface area contributed by atoms with Gasteiger partial charge in [-0.3, -0.25) is 9.69 Å². The molecule has 1 aromatic carbocycles. The average Bonchev–Trinajstić information content (AvgIpc) is 2.78. The molecular weight excluding hydrogens is 475 g/mol. The Morgan fingerprint density at radius 2 is 2.06 bits per heavy atom. The van der Waals surface area contributed by atoms with E-state index in [9.17, 15) is 27.5 Å². The van der Waals surface area contributed by atoms with Gasteiger partial charge < -0.3 is 21.1 Å². The molecule has 0 spiro atoms. The molecule has 1 fully saturated rings. The number of halogens is 5. The van der Waals surface area contributed by atoms with E-state index in [1.165, 1.54) is 4.90 Å². The van der Waals surface area contributed by atoms with Crippen LogP contribution in [0, 0.1) is 17.6 Å². The molecule has 8 nitrogen and oxygen atoms in total. The zero-order valence-electron chi connectivity index (χ0n) is 19.0. The van der Waals surface area contributed by atoms with Crippen molar-refractivity contribution in [3.05, 3.63) is 47.3 Å². The maximum atomic E-state index is 15.2. The number of anilines is 2. The van der Waals surface area contributed by atoms with Crippen LogP contribution < -0.4 is 16.0 Å². The summed E-state index contributed by atoms with van der Waals surface area (Å²) in [6.45, 7) is 2.73. The molecule has 2 atom stereocenters. The Hall–Kier alpha value is -3.06. The lowest BCUT2D eigenvalue weighted by Crippen LogP contribution is -2.48. The number of rotatable bonds is 9. The molecule has 1 amide bonds. The summed E-state index contributed by atoms with van der Waals surface area (Å²) in [6.07, 6.45) is -3.75. The molecule has 0 bridgehead atoms. The van der Waals surface area contributed by atoms with Gasteiger partial charge in [0, 0.05) is 37.7 Å². The number of amides is 1. The van der Waals surface area contributed by atoms with Crippen LogP contribution in [0.25, 0.3) is 0 Å². The molecule has 4 N–H and O–H groups in total. The van der Waals surface area contributed by atoms with E-state index in [2.05, 4.69) is 15.3 Å². The van der Waals surface area contributed by atoms with Crippen LogP contribution in [0.3, 0.4) is 0 Å². The van der Waals surface area contributed by atoms with Gasteiger partial charge in [0.05, 0.1) is 18.2 Å². The lowest BCUT2D eigenvalue weighted by atomic mass is 9.93. The first-order valence-corrected chi connectivity index (χ1v) is 11.0. The van der Waals surface area contributed by atoms with Crippen molar-refractivity contribution in [2.45, 2.75) is 32.2 Å². The normalized spacial score (nSPS) is 18.9. The third-order valence-corrected chi connectivity index (χ3v) is 5.91. The largest absolute Gasteiger partial charge is 0.416 e. The lowest BCUT2D eigenvalue weighted by Gasteiger charge is -2.35. The van der Waals surface area contributed by atoms with Crippen molar-refractivity contribution in [2.24, 2.45) is 11.7 Å². The van der Waals surface area contributed by atoms with Crippen LogP contribution in [0.2, 0.25) is 0 Å². The molecule has 0 aliphatic carbocycles. The highest BCUT2D eigenvalue weighted by atomic mass is 19.4. The molecule has 192 valence electrons. The van der Waals surface area contributed by atoms with Gasteiger partial charge in [0.2, 0.25) is 11.7 Å². The predicted molar refractivity (Wildman–Crippen MR) is 118 cm³/mol. The molecule has 2 aromatic rings. The molecule has 13 heteroatoms. The summed E-state index contributed by atoms with van der Waals surface area (Å²) in [5.74, 6) is -2.82. The number of nitrogens with two attached hydrogens (primary N) is 1. The van der Waals surface area contributed by atoms with E-state index in [4.69, 9.17) is 5.73 Å². The summed E-state index contributed by atoms with van der Waals surface area (Å²) < 4.78 is 67.9. The second-order valence-electron chi connectivity index (χ2n) is 8.38. The molecule has 1 aliphatic heterocycles. The maximum absolute atomic E-state index is 15.2. The molecule has 1 aliphatic rings. The number of carbonyl (C=O) groups excluding carboxylic acids is 1. The molecule has 1 unspecified atom stereocenters. The number of aliphatic hydroxyl groups excluding tert-OH is 1. The molecule has 0 radical (unpaired) electrons. The Balaban J connectivity index is 1.68. The van der Waals surface area contributed by atoms with Gasteiger partial charge in [-0.05, 0) is 32.0 Å². The number of likely N-dealkylation sites (tertiary alicyclic amines) is 1. The number of carbonyl (C=O) groups is 1. The molecule has 0 saturated carbocycles. The van der Waals surface area contributed by atoms with Crippen LogP contribution in [0.1, 0.15) is 24.5 Å². The first-order chi connectivity index (χ1) is 16.5. The van der Waals surface area contributed by atoms with Crippen LogP contribution in [-0.2, 0) is 17.5 Å². The van der Waals surface area contributed by atoms with Gasteiger partial charge in [0.25, 0.3) is 0 Å². The number of β-amino-alcohol motifs (C(OH)–C–C–N with tert-alkyl or cyclic N) is 1. The number of nitrogens with one attached hydrogen (secondary N) is 1. The summed E-state index contributed by atoms with van der Waals surface area (Å²) in [5, 5.41) is 13.2. The molecular formula is C22H27F5N6O2. The fourth-order valence-corrected chi connectivity index (χ4v) is 3.97. The summed E-state index contributed by atoms with van der Waals surface area (Å²) in [4.78, 5) is 22.0. The molecule has 3 rings (SSSR count). The van der Waals surface area contributed by atoms with Crippen LogP contribution in [0.4, 0.5) is 33.6 Å². The molecule has 1 saturated heterocycles. The van der Waals surface area contributed by atoms with Crippen molar-refractivity contribution < 1.29 is 31.9 Å². The van der Waals surface area contributed by atoms with Crippen molar-refractivity contribution in [1.82, 2.24) is 14.9 Å². The number of hydrogen-bond donors (Lipinski definition) is 3. The van der Waals surface area contributed by atoms with Crippen molar-refractivity contribution >= 4 is 17.5 Å². The Morgan fingerprint density at radius 3 is 2.66 bits per heavy atom. The van der Waals surface area contributed by atoms with Crippen LogP contribution in [-0.4, -0.2) is 64.7 Å². The fraction of sp³-hybridized carbons (Fsp3) is 0.500. The summed E-state index contributed by atoms with van der Waals surface area (Å²) in [6, 6.07) is 2.20. The minimum atomic E-state index is -4.67. The van der Waals surface area contributed by atoms with Crippen LogP contribution in [0.5, 0.6) is 0 Å². The fourth-order valence-electron chi connectivity index (χ4n) is 3.97. The lowest BCUT2D eigenvalue weighted by molar-refractivity contribution is -0.137. The number of nitrogens with zero attached hydrogens (tertiary/aromatic N) is 4. The van der Waals surface area contributed by atoms with Gasteiger partial charge in [-0.1, -0.05) is 6.07 Å². The number of benzene rings is 1. The van der Waals surface area contributed by atoms with E-state index < -0.39 is 35.4 Å². The van der Waals surface area contributed by atoms with Crippen LogP contribution >= 0.6 is 0 Å². The highest BCUT2D eigenvalue weighted by molar-refractivity contribution is 5.75. The quantitative estimate of drug-likeness (QED) is 0.452. The van der Waals surface area contributed by atoms with Crippen molar-refractivity contribution in [3.8, 4) is 0 Å². The van der Waals surface area contributed by atoms with E-state index in [0.29, 0.717) is 19.0 Å². The third-order valence-electron chi connectivity index (χ3n) is 5.91. The highest BCUT2D eigenvalue weighted by Gasteiger charge is 2.32. The van der Waals surface area contributed by atoms with Gasteiger partial charge >= 0.3 is 6.18 Å². The van der Waals surface area contributed by atoms with Gasteiger partial charge in [0.15, 0.2) is 11.6 Å². The minimum Gasteiger partial charge on any atom is -0.391 e. The summed E-state index contributed by atoms with van der Waals surface area (Å²) >= 11 is 0. The minimum absolute atomic E-state index is 0.0433. The van der Waals surface area contributed by atoms with E-state index in [1.54, 1.807) is 11.8 Å². The number of hydrogen-bond acceptors (Lipinski definition) is 7.